The van der Waals surface area contributed by atoms with Crippen LogP contribution in [-0.4, -0.2) is 14.9 Å². The highest BCUT2D eigenvalue weighted by Gasteiger charge is 2.17. The van der Waals surface area contributed by atoms with Crippen LogP contribution >= 0.6 is 0 Å². The number of aromatic nitrogens is 2. The number of rotatable bonds is 4. The molecule has 0 aliphatic rings. The fourth-order valence-electron chi connectivity index (χ4n) is 2.22. The van der Waals surface area contributed by atoms with E-state index in [1.807, 2.05) is 37.7 Å². The number of furan rings is 1. The van der Waals surface area contributed by atoms with Crippen LogP contribution in [0, 0.1) is 13.8 Å². The zero-order chi connectivity index (χ0) is 13.3. The fraction of sp³-hybridized carbons (Fsp3) is 0.500. The van der Waals surface area contributed by atoms with E-state index in [1.54, 1.807) is 0 Å². The van der Waals surface area contributed by atoms with Gasteiger partial charge in [-0.3, -0.25) is 4.68 Å². The van der Waals surface area contributed by atoms with Gasteiger partial charge in [-0.1, -0.05) is 6.92 Å². The Kier molecular flexibility index (Phi) is 3.57. The molecule has 2 aromatic heterocycles. The third kappa shape index (κ3) is 2.48. The van der Waals surface area contributed by atoms with E-state index in [0.29, 0.717) is 6.42 Å². The van der Waals surface area contributed by atoms with E-state index in [-0.39, 0.29) is 0 Å². The van der Waals surface area contributed by atoms with Crippen molar-refractivity contribution in [2.45, 2.75) is 39.7 Å². The highest BCUT2D eigenvalue weighted by molar-refractivity contribution is 5.24. The molecule has 4 heteroatoms. The number of aliphatic hydroxyl groups excluding tert-OH is 1. The van der Waals surface area contributed by atoms with E-state index in [9.17, 15) is 5.11 Å². The summed E-state index contributed by atoms with van der Waals surface area (Å²) < 4.78 is 7.29. The molecule has 2 rings (SSSR count). The second-order valence-electron chi connectivity index (χ2n) is 4.69. The van der Waals surface area contributed by atoms with Gasteiger partial charge in [0.05, 0.1) is 11.8 Å². The van der Waals surface area contributed by atoms with Crippen molar-refractivity contribution in [2.24, 2.45) is 7.05 Å². The van der Waals surface area contributed by atoms with Crippen molar-refractivity contribution in [1.29, 1.82) is 0 Å². The van der Waals surface area contributed by atoms with Crippen molar-refractivity contribution in [3.05, 3.63) is 40.6 Å². The van der Waals surface area contributed by atoms with Gasteiger partial charge in [0.25, 0.3) is 0 Å². The highest BCUT2D eigenvalue weighted by atomic mass is 16.3. The lowest BCUT2D eigenvalue weighted by atomic mass is 10.1. The lowest BCUT2D eigenvalue weighted by Crippen LogP contribution is -2.06. The molecule has 0 saturated carbocycles. The number of hydrogen-bond donors (Lipinski definition) is 1. The average Bonchev–Trinajstić information content (AvgIpc) is 2.82. The molecule has 4 nitrogen and oxygen atoms in total. The van der Waals surface area contributed by atoms with Gasteiger partial charge in [-0.2, -0.15) is 5.10 Å². The smallest absolute Gasteiger partial charge is 0.106 e. The Morgan fingerprint density at radius 3 is 2.61 bits per heavy atom. The summed E-state index contributed by atoms with van der Waals surface area (Å²) in [6.07, 6.45) is 0.930. The monoisotopic (exact) mass is 248 g/mol. The third-order valence-corrected chi connectivity index (χ3v) is 3.23. The zero-order valence-corrected chi connectivity index (χ0v) is 11.4. The Morgan fingerprint density at radius 2 is 2.11 bits per heavy atom. The summed E-state index contributed by atoms with van der Waals surface area (Å²) in [7, 11) is 1.91. The normalized spacial score (nSPS) is 12.9. The molecular weight excluding hydrogens is 228 g/mol. The standard InChI is InChI=1S/C14H20N2O2/c1-5-11-7-12(16(4)15-11)8-14(17)13-6-9(2)18-10(13)3/h6-7,14,17H,5,8H2,1-4H3. The van der Waals surface area contributed by atoms with Gasteiger partial charge in [-0.25, -0.2) is 0 Å². The summed E-state index contributed by atoms with van der Waals surface area (Å²) in [4.78, 5) is 0. The first-order valence-corrected chi connectivity index (χ1v) is 6.28. The molecule has 0 saturated heterocycles. The first-order chi connectivity index (χ1) is 8.51. The van der Waals surface area contributed by atoms with Crippen LogP contribution < -0.4 is 0 Å². The summed E-state index contributed by atoms with van der Waals surface area (Å²) in [5.41, 5.74) is 2.96. The number of nitrogens with zero attached hydrogens (tertiary/aromatic N) is 2. The van der Waals surface area contributed by atoms with Gasteiger partial charge in [0, 0.05) is 24.7 Å². The van der Waals surface area contributed by atoms with Gasteiger partial charge in [0.15, 0.2) is 0 Å². The predicted molar refractivity (Wildman–Crippen MR) is 69.4 cm³/mol. The van der Waals surface area contributed by atoms with Crippen LogP contribution in [0.2, 0.25) is 0 Å². The van der Waals surface area contributed by atoms with Crippen molar-refractivity contribution in [3.8, 4) is 0 Å². The molecule has 0 aliphatic heterocycles. The topological polar surface area (TPSA) is 51.2 Å². The van der Waals surface area contributed by atoms with Crippen LogP contribution in [0.3, 0.4) is 0 Å². The van der Waals surface area contributed by atoms with Crippen LogP contribution in [-0.2, 0) is 19.9 Å². The molecule has 0 amide bonds. The van der Waals surface area contributed by atoms with Crippen molar-refractivity contribution < 1.29 is 9.52 Å². The van der Waals surface area contributed by atoms with Gasteiger partial charge in [-0.05, 0) is 32.4 Å². The van der Waals surface area contributed by atoms with E-state index < -0.39 is 6.10 Å². The second-order valence-corrected chi connectivity index (χ2v) is 4.69. The molecule has 0 fully saturated rings. The molecular formula is C14H20N2O2. The Labute approximate surface area is 107 Å². The summed E-state index contributed by atoms with van der Waals surface area (Å²) in [5, 5.41) is 14.7. The SMILES string of the molecule is CCc1cc(CC(O)c2cc(C)oc2C)n(C)n1. The van der Waals surface area contributed by atoms with Crippen molar-refractivity contribution >= 4 is 0 Å². The Hall–Kier alpha value is -1.55. The molecule has 0 aromatic carbocycles. The quantitative estimate of drug-likeness (QED) is 0.904. The molecule has 0 spiro atoms. The second kappa shape index (κ2) is 4.98. The predicted octanol–water partition coefficient (Wildman–Crippen LogP) is 2.47. The minimum Gasteiger partial charge on any atom is -0.466 e. The lowest BCUT2D eigenvalue weighted by molar-refractivity contribution is 0.174. The fourth-order valence-corrected chi connectivity index (χ4v) is 2.22. The maximum Gasteiger partial charge on any atom is 0.106 e. The largest absolute Gasteiger partial charge is 0.466 e. The molecule has 0 aliphatic carbocycles. The van der Waals surface area contributed by atoms with Crippen LogP contribution in [0.4, 0.5) is 0 Å². The number of hydrogen-bond acceptors (Lipinski definition) is 3. The summed E-state index contributed by atoms with van der Waals surface area (Å²) in [6.45, 7) is 5.85. The Balaban J connectivity index is 2.18. The van der Waals surface area contributed by atoms with E-state index >= 15 is 0 Å². The van der Waals surface area contributed by atoms with Crippen molar-refractivity contribution in [2.75, 3.05) is 0 Å². The van der Waals surface area contributed by atoms with Crippen molar-refractivity contribution in [3.63, 3.8) is 0 Å². The number of aryl methyl sites for hydroxylation is 4. The Bertz CT molecular complexity index is 540. The van der Waals surface area contributed by atoms with E-state index in [2.05, 4.69) is 12.0 Å². The maximum absolute atomic E-state index is 10.3. The lowest BCUT2D eigenvalue weighted by Gasteiger charge is -2.09. The summed E-state index contributed by atoms with van der Waals surface area (Å²) >= 11 is 0. The molecule has 1 unspecified atom stereocenters. The molecule has 2 aromatic rings. The molecule has 2 heterocycles. The highest BCUT2D eigenvalue weighted by Crippen LogP contribution is 2.24. The summed E-state index contributed by atoms with van der Waals surface area (Å²) in [5.74, 6) is 1.62. The Morgan fingerprint density at radius 1 is 1.39 bits per heavy atom. The van der Waals surface area contributed by atoms with Gasteiger partial charge in [0.2, 0.25) is 0 Å². The summed E-state index contributed by atoms with van der Waals surface area (Å²) in [6, 6.07) is 3.95. The van der Waals surface area contributed by atoms with Crippen molar-refractivity contribution in [1.82, 2.24) is 9.78 Å². The van der Waals surface area contributed by atoms with E-state index in [1.165, 1.54) is 0 Å². The molecule has 1 atom stereocenters. The molecule has 18 heavy (non-hydrogen) atoms. The molecule has 0 bridgehead atoms. The van der Waals surface area contributed by atoms with Gasteiger partial charge in [-0.15, -0.1) is 0 Å². The molecule has 0 radical (unpaired) electrons. The van der Waals surface area contributed by atoms with E-state index in [0.717, 1.165) is 34.9 Å². The number of aliphatic hydroxyl groups is 1. The average molecular weight is 248 g/mol. The molecule has 1 N–H and O–H groups in total. The van der Waals surface area contributed by atoms with Crippen LogP contribution in [0.5, 0.6) is 0 Å². The van der Waals surface area contributed by atoms with Crippen LogP contribution in [0.1, 0.15) is 41.5 Å². The van der Waals surface area contributed by atoms with Gasteiger partial charge >= 0.3 is 0 Å². The minimum absolute atomic E-state index is 0.539. The third-order valence-electron chi connectivity index (χ3n) is 3.23. The van der Waals surface area contributed by atoms with Crippen LogP contribution in [0.15, 0.2) is 16.5 Å². The zero-order valence-electron chi connectivity index (χ0n) is 11.4. The first kappa shape index (κ1) is 12.9. The van der Waals surface area contributed by atoms with Gasteiger partial charge in [0.1, 0.15) is 11.5 Å². The van der Waals surface area contributed by atoms with Gasteiger partial charge < -0.3 is 9.52 Å². The van der Waals surface area contributed by atoms with E-state index in [4.69, 9.17) is 4.42 Å². The van der Waals surface area contributed by atoms with Crippen LogP contribution in [0.25, 0.3) is 0 Å². The minimum atomic E-state index is -0.539. The first-order valence-electron chi connectivity index (χ1n) is 6.28. The maximum atomic E-state index is 10.3. The molecule has 98 valence electrons.